The zero-order chi connectivity index (χ0) is 27.5. The molecule has 0 bridgehead atoms. The number of hydrogen-bond acceptors (Lipinski definition) is 6. The first-order chi connectivity index (χ1) is 19.4. The zero-order valence-electron chi connectivity index (χ0n) is 22.3. The van der Waals surface area contributed by atoms with Gasteiger partial charge in [-0.15, -0.1) is 0 Å². The Morgan fingerprint density at radius 2 is 1.90 bits per heavy atom. The number of amides is 1. The lowest BCUT2D eigenvalue weighted by Gasteiger charge is -2.32. The number of nitrogens with zero attached hydrogens (tertiary/aromatic N) is 9. The number of aromatic nitrogens is 9. The molecule has 1 aliphatic rings. The van der Waals surface area contributed by atoms with Crippen LogP contribution < -0.4 is 0 Å². The van der Waals surface area contributed by atoms with Gasteiger partial charge in [-0.2, -0.15) is 25.1 Å². The van der Waals surface area contributed by atoms with Crippen molar-refractivity contribution in [2.24, 2.45) is 7.05 Å². The van der Waals surface area contributed by atoms with E-state index in [1.807, 2.05) is 42.0 Å². The maximum Gasteiger partial charge on any atom is 0.346 e. The van der Waals surface area contributed by atoms with E-state index in [1.54, 1.807) is 0 Å². The van der Waals surface area contributed by atoms with Gasteiger partial charge in [0.1, 0.15) is 18.3 Å². The smallest absolute Gasteiger partial charge is 0.323 e. The molecular weight excluding hydrogens is 528 g/mol. The number of carbonyl (C=O) groups excluding carboxylic acids is 1. The third-order valence-electron chi connectivity index (χ3n) is 7.98. The molecule has 1 amide bonds. The third kappa shape index (κ3) is 3.80. The first-order valence-corrected chi connectivity index (χ1v) is 13.6. The Labute approximate surface area is 234 Å². The van der Waals surface area contributed by atoms with Gasteiger partial charge >= 0.3 is 6.03 Å². The van der Waals surface area contributed by atoms with Gasteiger partial charge in [0.15, 0.2) is 0 Å². The SMILES string of the molecule is Cc1cc2[nH]ncc2c(-c2c(-c3ccc4c(cnn4C)c3)nn(C3CCN(C(=O)n4cncn4)CC3)c2C)c1Cl. The van der Waals surface area contributed by atoms with Crippen molar-refractivity contribution in [1.82, 2.24) is 49.4 Å². The molecular formula is C28H27ClN10O. The molecule has 0 saturated carbocycles. The molecule has 0 radical (unpaired) electrons. The quantitative estimate of drug-likeness (QED) is 0.323. The summed E-state index contributed by atoms with van der Waals surface area (Å²) in [6.07, 6.45) is 8.05. The number of piperidine rings is 1. The molecule has 5 heterocycles. The normalized spacial score (nSPS) is 14.6. The number of fused-ring (bicyclic) bond motifs is 2. The maximum absolute atomic E-state index is 12.8. The van der Waals surface area contributed by atoms with E-state index >= 15 is 0 Å². The van der Waals surface area contributed by atoms with E-state index in [1.165, 1.54) is 17.3 Å². The Morgan fingerprint density at radius 1 is 1.07 bits per heavy atom. The van der Waals surface area contributed by atoms with E-state index in [9.17, 15) is 4.79 Å². The number of hydrogen-bond donors (Lipinski definition) is 1. The molecule has 11 nitrogen and oxygen atoms in total. The van der Waals surface area contributed by atoms with Gasteiger partial charge in [-0.3, -0.25) is 14.5 Å². The molecule has 40 heavy (non-hydrogen) atoms. The van der Waals surface area contributed by atoms with Crippen molar-refractivity contribution in [2.75, 3.05) is 13.1 Å². The third-order valence-corrected chi connectivity index (χ3v) is 8.47. The molecule has 0 spiro atoms. The van der Waals surface area contributed by atoms with Crippen LogP contribution in [0.5, 0.6) is 0 Å². The van der Waals surface area contributed by atoms with Crippen molar-refractivity contribution in [3.63, 3.8) is 0 Å². The van der Waals surface area contributed by atoms with Gasteiger partial charge in [0.05, 0.1) is 34.5 Å². The Kier molecular flexibility index (Phi) is 5.70. The Balaban J connectivity index is 1.35. The van der Waals surface area contributed by atoms with Gasteiger partial charge in [0.2, 0.25) is 0 Å². The molecule has 4 aromatic heterocycles. The lowest BCUT2D eigenvalue weighted by molar-refractivity contribution is 0.167. The van der Waals surface area contributed by atoms with Gasteiger partial charge < -0.3 is 4.90 Å². The summed E-state index contributed by atoms with van der Waals surface area (Å²) in [6, 6.07) is 8.29. The average Bonchev–Trinajstić information content (AvgIpc) is 3.77. The minimum atomic E-state index is -0.159. The van der Waals surface area contributed by atoms with E-state index in [-0.39, 0.29) is 12.1 Å². The van der Waals surface area contributed by atoms with Crippen molar-refractivity contribution in [2.45, 2.75) is 32.7 Å². The van der Waals surface area contributed by atoms with Gasteiger partial charge in [-0.1, -0.05) is 17.7 Å². The predicted molar refractivity (Wildman–Crippen MR) is 152 cm³/mol. The first-order valence-electron chi connectivity index (χ1n) is 13.2. The first kappa shape index (κ1) is 24.5. The molecule has 2 aromatic carbocycles. The van der Waals surface area contributed by atoms with Crippen LogP contribution in [-0.4, -0.2) is 68.5 Å². The number of aromatic amines is 1. The molecule has 0 unspecified atom stereocenters. The number of nitrogens with one attached hydrogen (secondary N) is 1. The van der Waals surface area contributed by atoms with E-state index in [2.05, 4.69) is 55.2 Å². The fraction of sp³-hybridized carbons (Fsp3) is 0.286. The van der Waals surface area contributed by atoms with Crippen molar-refractivity contribution >= 4 is 39.4 Å². The number of H-pyrrole nitrogens is 1. The molecule has 0 atom stereocenters. The summed E-state index contributed by atoms with van der Waals surface area (Å²) in [5.74, 6) is 0. The molecule has 0 aliphatic carbocycles. The van der Waals surface area contributed by atoms with Crippen molar-refractivity contribution in [3.05, 3.63) is 65.6 Å². The number of benzene rings is 2. The highest BCUT2D eigenvalue weighted by Gasteiger charge is 2.30. The summed E-state index contributed by atoms with van der Waals surface area (Å²) < 4.78 is 5.27. The van der Waals surface area contributed by atoms with Crippen molar-refractivity contribution < 1.29 is 4.79 Å². The number of halogens is 1. The summed E-state index contributed by atoms with van der Waals surface area (Å²) in [5.41, 5.74) is 7.74. The van der Waals surface area contributed by atoms with Crippen LogP contribution in [-0.2, 0) is 7.05 Å². The monoisotopic (exact) mass is 554 g/mol. The molecule has 7 rings (SSSR count). The largest absolute Gasteiger partial charge is 0.346 e. The average molecular weight is 555 g/mol. The predicted octanol–water partition coefficient (Wildman–Crippen LogP) is 5.15. The maximum atomic E-state index is 12.8. The summed E-state index contributed by atoms with van der Waals surface area (Å²) >= 11 is 7.04. The van der Waals surface area contributed by atoms with Crippen LogP contribution in [0.4, 0.5) is 4.79 Å². The fourth-order valence-corrected chi connectivity index (χ4v) is 6.14. The van der Waals surface area contributed by atoms with E-state index in [0.29, 0.717) is 18.1 Å². The minimum Gasteiger partial charge on any atom is -0.323 e. The molecule has 1 aliphatic heterocycles. The topological polar surface area (TPSA) is 115 Å². The molecule has 1 fully saturated rings. The standard InChI is InChI=1S/C28H27ClN10O/c1-16-10-22-21(13-31-34-22)25(26(16)29)24-17(2)39(20-6-8-37(9-7-20)28(40)38-15-30-14-33-38)35-27(24)18-4-5-23-19(11-18)12-32-36(23)3/h4-5,10-15,20H,6-9H2,1-3H3,(H,31,34). The van der Waals surface area contributed by atoms with Gasteiger partial charge in [-0.05, 0) is 50.5 Å². The van der Waals surface area contributed by atoms with Gasteiger partial charge in [-0.25, -0.2) is 9.78 Å². The molecule has 12 heteroatoms. The van der Waals surface area contributed by atoms with Crippen LogP contribution in [0.25, 0.3) is 44.2 Å². The Morgan fingerprint density at radius 3 is 2.67 bits per heavy atom. The molecule has 1 N–H and O–H groups in total. The fourth-order valence-electron chi connectivity index (χ4n) is 5.89. The van der Waals surface area contributed by atoms with Crippen LogP contribution >= 0.6 is 11.6 Å². The minimum absolute atomic E-state index is 0.123. The number of rotatable bonds is 3. The summed E-state index contributed by atoms with van der Waals surface area (Å²) in [7, 11) is 1.94. The summed E-state index contributed by atoms with van der Waals surface area (Å²) in [5, 5.41) is 23.8. The molecule has 6 aromatic rings. The van der Waals surface area contributed by atoms with Crippen LogP contribution in [0.15, 0.2) is 49.3 Å². The van der Waals surface area contributed by atoms with Crippen molar-refractivity contribution in [3.8, 4) is 22.4 Å². The second-order valence-corrected chi connectivity index (χ2v) is 10.7. The zero-order valence-corrected chi connectivity index (χ0v) is 23.1. The Hall–Kier alpha value is -4.51. The van der Waals surface area contributed by atoms with Gasteiger partial charge in [0.25, 0.3) is 0 Å². The summed E-state index contributed by atoms with van der Waals surface area (Å²) in [6.45, 7) is 5.32. The van der Waals surface area contributed by atoms with E-state index in [4.69, 9.17) is 16.7 Å². The molecule has 1 saturated heterocycles. The van der Waals surface area contributed by atoms with Crippen molar-refractivity contribution in [1.29, 1.82) is 0 Å². The lowest BCUT2D eigenvalue weighted by Crippen LogP contribution is -2.41. The molecule has 202 valence electrons. The second-order valence-electron chi connectivity index (χ2n) is 10.3. The van der Waals surface area contributed by atoms with Crippen LogP contribution in [0.3, 0.4) is 0 Å². The van der Waals surface area contributed by atoms with Crippen LogP contribution in [0.1, 0.15) is 30.1 Å². The number of likely N-dealkylation sites (tertiary alicyclic amines) is 1. The van der Waals surface area contributed by atoms with E-state index in [0.717, 1.165) is 68.3 Å². The Bertz CT molecular complexity index is 1890. The number of carbonyl (C=O) groups is 1. The highest BCUT2D eigenvalue weighted by Crippen LogP contribution is 2.44. The van der Waals surface area contributed by atoms with Gasteiger partial charge in [0, 0.05) is 53.3 Å². The lowest BCUT2D eigenvalue weighted by atomic mass is 9.94. The van der Waals surface area contributed by atoms with Crippen LogP contribution in [0.2, 0.25) is 5.02 Å². The summed E-state index contributed by atoms with van der Waals surface area (Å²) in [4.78, 5) is 18.5. The van der Waals surface area contributed by atoms with E-state index < -0.39 is 0 Å². The number of aryl methyl sites for hydroxylation is 2. The highest BCUT2D eigenvalue weighted by molar-refractivity contribution is 6.36. The highest BCUT2D eigenvalue weighted by atomic mass is 35.5. The van der Waals surface area contributed by atoms with Crippen LogP contribution in [0, 0.1) is 13.8 Å². The second kappa shape index (κ2) is 9.30.